The van der Waals surface area contributed by atoms with E-state index >= 15 is 0 Å². The fourth-order valence-electron chi connectivity index (χ4n) is 7.83. The average Bonchev–Trinajstić information content (AvgIpc) is 3.67. The first-order valence-electron chi connectivity index (χ1n) is 17.8. The minimum atomic E-state index is -4.21. The van der Waals surface area contributed by atoms with E-state index in [0.717, 1.165) is 22.4 Å². The van der Waals surface area contributed by atoms with Crippen molar-refractivity contribution in [2.45, 2.75) is 94.3 Å². The molecule has 0 spiro atoms. The maximum atomic E-state index is 13.7. The van der Waals surface area contributed by atoms with Crippen LogP contribution < -0.4 is 10.1 Å². The fourth-order valence-corrected chi connectivity index (χ4v) is 9.46. The summed E-state index contributed by atoms with van der Waals surface area (Å²) in [6, 6.07) is 20.3. The minimum absolute atomic E-state index is 0.00145. The van der Waals surface area contributed by atoms with E-state index in [1.54, 1.807) is 59.2 Å². The van der Waals surface area contributed by atoms with Crippen LogP contribution in [0.1, 0.15) is 86.9 Å². The molecule has 2 heterocycles. The van der Waals surface area contributed by atoms with Gasteiger partial charge in [0.15, 0.2) is 11.5 Å². The van der Waals surface area contributed by atoms with E-state index < -0.39 is 21.2 Å². The lowest BCUT2D eigenvalue weighted by molar-refractivity contribution is -0.119. The van der Waals surface area contributed by atoms with E-state index in [1.165, 1.54) is 76.3 Å². The summed E-state index contributed by atoms with van der Waals surface area (Å²) in [6.07, 6.45) is 12.8. The normalized spacial score (nSPS) is 16.9. The highest BCUT2D eigenvalue weighted by molar-refractivity contribution is 7.92. The number of amides is 1. The van der Waals surface area contributed by atoms with Crippen LogP contribution in [0.3, 0.4) is 0 Å². The molecule has 1 atom stereocenters. The van der Waals surface area contributed by atoms with Gasteiger partial charge >= 0.3 is 0 Å². The summed E-state index contributed by atoms with van der Waals surface area (Å²) < 4.78 is 35.0. The molecule has 2 saturated carbocycles. The van der Waals surface area contributed by atoms with E-state index in [9.17, 15) is 13.2 Å². The molecular weight excluding hydrogens is 670 g/mol. The monoisotopic (exact) mass is 713 g/mol. The number of aromatic nitrogens is 4. The van der Waals surface area contributed by atoms with Crippen molar-refractivity contribution in [1.29, 1.82) is 0 Å². The van der Waals surface area contributed by atoms with Gasteiger partial charge in [-0.1, -0.05) is 80.0 Å². The Labute approximate surface area is 298 Å². The third kappa shape index (κ3) is 7.19. The van der Waals surface area contributed by atoms with Gasteiger partial charge in [0.25, 0.3) is 11.3 Å². The maximum absolute atomic E-state index is 13.7. The van der Waals surface area contributed by atoms with Crippen molar-refractivity contribution in [2.75, 3.05) is 5.32 Å². The van der Waals surface area contributed by atoms with Gasteiger partial charge in [0, 0.05) is 17.2 Å². The number of hydrogen-bond donors (Lipinski definition) is 2. The molecule has 2 N–H and O–H groups in total. The average molecular weight is 714 g/mol. The number of sulfone groups is 1. The highest BCUT2D eigenvalue weighted by Crippen LogP contribution is 2.47. The second-order valence-electron chi connectivity index (χ2n) is 14.0. The number of carbonyl (C=O) groups is 1. The van der Waals surface area contributed by atoms with Crippen molar-refractivity contribution in [3.05, 3.63) is 94.6 Å². The molecule has 11 heteroatoms. The topological polar surface area (TPSA) is 118 Å². The Morgan fingerprint density at radius 3 is 2.12 bits per heavy atom. The number of fused-ring (bicyclic) bond motifs is 1. The van der Waals surface area contributed by atoms with Gasteiger partial charge in [-0.15, -0.1) is 5.10 Å². The Balaban J connectivity index is 1.11. The van der Waals surface area contributed by atoms with Crippen LogP contribution in [-0.2, 0) is 14.6 Å². The zero-order valence-electron chi connectivity index (χ0n) is 28.6. The Bertz CT molecular complexity index is 2040. The van der Waals surface area contributed by atoms with E-state index in [1.807, 2.05) is 19.9 Å². The van der Waals surface area contributed by atoms with Gasteiger partial charge in [-0.2, -0.15) is 4.63 Å². The Morgan fingerprint density at radius 2 is 1.52 bits per heavy atom. The van der Waals surface area contributed by atoms with Crippen LogP contribution in [-0.4, -0.2) is 39.6 Å². The number of nitrogens with zero attached hydrogens (tertiary/aromatic N) is 3. The van der Waals surface area contributed by atoms with Crippen LogP contribution in [0.4, 0.5) is 5.69 Å². The number of aryl methyl sites for hydroxylation is 2. The van der Waals surface area contributed by atoms with E-state index in [-0.39, 0.29) is 10.6 Å². The lowest BCUT2D eigenvalue weighted by Gasteiger charge is -2.37. The molecule has 2 fully saturated rings. The highest BCUT2D eigenvalue weighted by atomic mass is 35.5. The van der Waals surface area contributed by atoms with Crippen LogP contribution in [0.5, 0.6) is 5.75 Å². The number of benzene rings is 3. The van der Waals surface area contributed by atoms with E-state index in [4.69, 9.17) is 26.4 Å². The molecule has 0 aliphatic heterocycles. The molecule has 0 radical (unpaired) electrons. The second kappa shape index (κ2) is 14.6. The Hall–Kier alpha value is -4.15. The molecule has 262 valence electrons. The molecule has 0 saturated heterocycles. The number of nitrogens with one attached hydrogen (secondary N) is 2. The minimum Gasteiger partial charge on any atom is -0.464 e. The first-order chi connectivity index (χ1) is 24.2. The smallest absolute Gasteiger partial charge is 0.281 e. The molecule has 2 aliphatic rings. The fraction of sp³-hybridized carbons (Fsp3) is 0.410. The molecule has 5 aromatic rings. The van der Waals surface area contributed by atoms with E-state index in [2.05, 4.69) is 10.4 Å². The molecule has 50 heavy (non-hydrogen) atoms. The van der Waals surface area contributed by atoms with Gasteiger partial charge < -0.3 is 10.1 Å². The van der Waals surface area contributed by atoms with Crippen molar-refractivity contribution in [1.82, 2.24) is 19.8 Å². The first kappa shape index (κ1) is 34.3. The predicted molar refractivity (Wildman–Crippen MR) is 196 cm³/mol. The van der Waals surface area contributed by atoms with Crippen LogP contribution in [0.25, 0.3) is 17.0 Å². The quantitative estimate of drug-likeness (QED) is 0.149. The number of anilines is 1. The zero-order valence-corrected chi connectivity index (χ0v) is 30.1. The standard InChI is InChI=1S/C39H44ClN5O4S/c1-25-16-22-32(23-17-25)50(47,48)39(49-31-15-9-10-26(2)24-31)38(46)41-30-20-18-29(19-21-30)36-42-37-34(40)35(43-45(37)44-36)33(27-11-5-3-6-12-27)28-13-7-4-8-14-28/h9-10,15-24,27-28,33,39,43H,3-8,11-14H2,1-2H3,(H,41,46). The predicted octanol–water partition coefficient (Wildman–Crippen LogP) is 9.06. The molecule has 7 rings (SSSR count). The highest BCUT2D eigenvalue weighted by Gasteiger charge is 2.38. The molecular formula is C39H44ClN5O4S. The van der Waals surface area contributed by atoms with Crippen molar-refractivity contribution in [3.63, 3.8) is 0 Å². The Kier molecular flexibility index (Phi) is 10.0. The number of halogens is 1. The molecule has 1 unspecified atom stereocenters. The van der Waals surface area contributed by atoms with Crippen molar-refractivity contribution in [2.24, 2.45) is 11.8 Å². The number of aromatic amines is 1. The summed E-state index contributed by atoms with van der Waals surface area (Å²) in [5.74, 6) is 1.62. The zero-order chi connectivity index (χ0) is 34.8. The SMILES string of the molecule is Cc1ccc(S(=O)(=O)C(Oc2cccc(C)c2)C(=O)Nc2ccc(-c3nc4c(Cl)c(C(C5CCCCC5)C5CCCCC5)[nH]n4n3)cc2)cc1. The molecule has 1 amide bonds. The molecule has 2 aliphatic carbocycles. The molecule has 9 nitrogen and oxygen atoms in total. The number of H-pyrrole nitrogens is 1. The summed E-state index contributed by atoms with van der Waals surface area (Å²) in [5.41, 5.74) is 2.79. The lowest BCUT2D eigenvalue weighted by atomic mass is 9.68. The van der Waals surface area contributed by atoms with Crippen molar-refractivity contribution >= 4 is 38.7 Å². The molecule has 0 bridgehead atoms. The van der Waals surface area contributed by atoms with Crippen LogP contribution in [0.2, 0.25) is 5.02 Å². The third-order valence-electron chi connectivity index (χ3n) is 10.4. The van der Waals surface area contributed by atoms with E-state index in [0.29, 0.717) is 39.9 Å². The number of carbonyl (C=O) groups excluding carboxylic acids is 1. The summed E-state index contributed by atoms with van der Waals surface area (Å²) in [5, 5.41) is 11.7. The first-order valence-corrected chi connectivity index (χ1v) is 19.7. The van der Waals surface area contributed by atoms with Gasteiger partial charge in [0.05, 0.1) is 10.6 Å². The summed E-state index contributed by atoms with van der Waals surface area (Å²) in [6.45, 7) is 3.73. The number of rotatable bonds is 10. The van der Waals surface area contributed by atoms with Crippen LogP contribution in [0, 0.1) is 25.7 Å². The van der Waals surface area contributed by atoms with Gasteiger partial charge in [-0.25, -0.2) is 13.4 Å². The number of hydrogen-bond acceptors (Lipinski definition) is 6. The van der Waals surface area contributed by atoms with Gasteiger partial charge in [0.1, 0.15) is 10.8 Å². The summed E-state index contributed by atoms with van der Waals surface area (Å²) in [4.78, 5) is 18.4. The largest absolute Gasteiger partial charge is 0.464 e. The van der Waals surface area contributed by atoms with Gasteiger partial charge in [-0.3, -0.25) is 9.89 Å². The van der Waals surface area contributed by atoms with Crippen LogP contribution in [0.15, 0.2) is 77.7 Å². The molecule has 3 aromatic carbocycles. The van der Waals surface area contributed by atoms with Gasteiger partial charge in [-0.05, 0) is 105 Å². The third-order valence-corrected chi connectivity index (χ3v) is 12.6. The summed E-state index contributed by atoms with van der Waals surface area (Å²) in [7, 11) is -4.21. The maximum Gasteiger partial charge on any atom is 0.281 e. The lowest BCUT2D eigenvalue weighted by Crippen LogP contribution is -2.40. The molecule has 2 aromatic heterocycles. The Morgan fingerprint density at radius 1 is 0.880 bits per heavy atom. The number of ether oxygens (including phenoxy) is 1. The van der Waals surface area contributed by atoms with Crippen molar-refractivity contribution < 1.29 is 17.9 Å². The van der Waals surface area contributed by atoms with Gasteiger partial charge in [0.2, 0.25) is 9.84 Å². The van der Waals surface area contributed by atoms with Crippen LogP contribution >= 0.6 is 11.6 Å². The summed E-state index contributed by atoms with van der Waals surface area (Å²) >= 11 is 7.10. The van der Waals surface area contributed by atoms with Crippen molar-refractivity contribution in [3.8, 4) is 17.1 Å². The second-order valence-corrected chi connectivity index (χ2v) is 16.4.